The number of ether oxygens (including phenoxy) is 2. The summed E-state index contributed by atoms with van der Waals surface area (Å²) in [6.45, 7) is -1.75. The molecule has 1 rings (SSSR count). The van der Waals surface area contributed by atoms with Gasteiger partial charge >= 0.3 is 6.18 Å². The maximum Gasteiger partial charge on any atom is 0.411 e. The fourth-order valence-corrected chi connectivity index (χ4v) is 1.44. The molecule has 0 heterocycles. The monoisotopic (exact) mass is 312 g/mol. The molecule has 0 aliphatic carbocycles. The van der Waals surface area contributed by atoms with Gasteiger partial charge in [0.1, 0.15) is 19.0 Å². The Morgan fingerprint density at radius 3 is 2.65 bits per heavy atom. The predicted molar refractivity (Wildman–Crippen MR) is 66.3 cm³/mol. The molecular weight excluding hydrogens is 301 g/mol. The Morgan fingerprint density at radius 2 is 2.05 bits per heavy atom. The zero-order valence-electron chi connectivity index (χ0n) is 10.2. The van der Waals surface area contributed by atoms with E-state index in [1.54, 1.807) is 0 Å². The van der Waals surface area contributed by atoms with Gasteiger partial charge in [0.25, 0.3) is 0 Å². The SMILES string of the molecule is N/C(=N/O)c1ccc(Cl)cc1OCCOCC(F)(F)F. The summed E-state index contributed by atoms with van der Waals surface area (Å²) in [5.41, 5.74) is 5.70. The lowest BCUT2D eigenvalue weighted by atomic mass is 10.2. The second-order valence-corrected chi connectivity index (χ2v) is 4.08. The maximum atomic E-state index is 11.8. The van der Waals surface area contributed by atoms with Crippen LogP contribution in [-0.2, 0) is 4.74 Å². The van der Waals surface area contributed by atoms with Gasteiger partial charge in [-0.15, -0.1) is 0 Å². The Morgan fingerprint density at radius 1 is 1.35 bits per heavy atom. The molecule has 0 spiro atoms. The maximum absolute atomic E-state index is 11.8. The molecular formula is C11H12ClF3N2O3. The van der Waals surface area contributed by atoms with E-state index in [0.29, 0.717) is 5.02 Å². The molecule has 112 valence electrons. The summed E-state index contributed by atoms with van der Waals surface area (Å²) in [5, 5.41) is 11.8. The molecule has 0 fully saturated rings. The zero-order valence-corrected chi connectivity index (χ0v) is 10.9. The van der Waals surface area contributed by atoms with Gasteiger partial charge < -0.3 is 20.4 Å². The van der Waals surface area contributed by atoms with E-state index in [9.17, 15) is 13.2 Å². The average molecular weight is 313 g/mol. The summed E-state index contributed by atoms with van der Waals surface area (Å²) in [6.07, 6.45) is -4.38. The number of hydrogen-bond donors (Lipinski definition) is 2. The van der Waals surface area contributed by atoms with E-state index in [1.165, 1.54) is 18.2 Å². The molecule has 1 aromatic rings. The van der Waals surface area contributed by atoms with Crippen molar-refractivity contribution < 1.29 is 27.9 Å². The number of nitrogens with two attached hydrogens (primary N) is 1. The Bertz CT molecular complexity index is 480. The van der Waals surface area contributed by atoms with Gasteiger partial charge in [-0.3, -0.25) is 0 Å². The molecule has 3 N–H and O–H groups in total. The minimum atomic E-state index is -4.38. The molecule has 0 aromatic heterocycles. The molecule has 0 radical (unpaired) electrons. The molecule has 0 saturated heterocycles. The Balaban J connectivity index is 2.57. The number of hydrogen-bond acceptors (Lipinski definition) is 4. The average Bonchev–Trinajstić information content (AvgIpc) is 2.36. The van der Waals surface area contributed by atoms with Crippen molar-refractivity contribution in [2.45, 2.75) is 6.18 Å². The van der Waals surface area contributed by atoms with Crippen molar-refractivity contribution in [1.82, 2.24) is 0 Å². The second-order valence-electron chi connectivity index (χ2n) is 3.64. The normalized spacial score (nSPS) is 12.5. The van der Waals surface area contributed by atoms with Crippen molar-refractivity contribution in [2.24, 2.45) is 10.9 Å². The zero-order chi connectivity index (χ0) is 15.2. The minimum absolute atomic E-state index is 0.137. The van der Waals surface area contributed by atoms with Crippen LogP contribution in [0.15, 0.2) is 23.4 Å². The van der Waals surface area contributed by atoms with Gasteiger partial charge in [-0.05, 0) is 18.2 Å². The van der Waals surface area contributed by atoms with Crippen LogP contribution in [0.4, 0.5) is 13.2 Å². The minimum Gasteiger partial charge on any atom is -0.490 e. The van der Waals surface area contributed by atoms with Crippen LogP contribution in [-0.4, -0.2) is 37.0 Å². The van der Waals surface area contributed by atoms with Crippen molar-refractivity contribution in [3.05, 3.63) is 28.8 Å². The molecule has 5 nitrogen and oxygen atoms in total. The van der Waals surface area contributed by atoms with E-state index in [2.05, 4.69) is 9.89 Å². The number of rotatable bonds is 6. The summed E-state index contributed by atoms with van der Waals surface area (Å²) in [7, 11) is 0. The molecule has 0 aliphatic heterocycles. The van der Waals surface area contributed by atoms with Gasteiger partial charge in [-0.1, -0.05) is 16.8 Å². The molecule has 1 aromatic carbocycles. The van der Waals surface area contributed by atoms with Crippen molar-refractivity contribution in [3.8, 4) is 5.75 Å². The highest BCUT2D eigenvalue weighted by Gasteiger charge is 2.27. The third kappa shape index (κ3) is 5.54. The third-order valence-electron chi connectivity index (χ3n) is 2.08. The molecule has 0 atom stereocenters. The topological polar surface area (TPSA) is 77.1 Å². The van der Waals surface area contributed by atoms with Gasteiger partial charge in [0.05, 0.1) is 12.2 Å². The highest BCUT2D eigenvalue weighted by atomic mass is 35.5. The quantitative estimate of drug-likeness (QED) is 0.278. The smallest absolute Gasteiger partial charge is 0.411 e. The lowest BCUT2D eigenvalue weighted by Gasteiger charge is -2.12. The first-order chi connectivity index (χ1) is 9.33. The van der Waals surface area contributed by atoms with Crippen molar-refractivity contribution >= 4 is 17.4 Å². The molecule has 0 bridgehead atoms. The number of oxime groups is 1. The number of amidine groups is 1. The Kier molecular flexibility index (Phi) is 5.90. The first-order valence-electron chi connectivity index (χ1n) is 5.38. The summed E-state index contributed by atoms with van der Waals surface area (Å²) in [5.74, 6) is -0.0173. The van der Waals surface area contributed by atoms with Gasteiger partial charge in [-0.2, -0.15) is 13.2 Å². The predicted octanol–water partition coefficient (Wildman–Crippen LogP) is 2.39. The molecule has 0 amide bonds. The standard InChI is InChI=1S/C11H12ClF3N2O3/c12-7-1-2-8(10(16)17-18)9(5-7)20-4-3-19-6-11(13,14)15/h1-2,5,18H,3-4,6H2,(H2,16,17). The fraction of sp³-hybridized carbons (Fsp3) is 0.364. The summed E-state index contributed by atoms with van der Waals surface area (Å²) < 4.78 is 45.1. The molecule has 9 heteroatoms. The van der Waals surface area contributed by atoms with Crippen LogP contribution in [0.2, 0.25) is 5.02 Å². The number of nitrogens with zero attached hydrogens (tertiary/aromatic N) is 1. The molecule has 0 aliphatic rings. The summed E-state index contributed by atoms with van der Waals surface area (Å²) in [4.78, 5) is 0. The number of halogens is 4. The Hall–Kier alpha value is -1.67. The Labute approximate surface area is 117 Å². The largest absolute Gasteiger partial charge is 0.490 e. The van der Waals surface area contributed by atoms with E-state index in [4.69, 9.17) is 27.3 Å². The molecule has 0 unspecified atom stereocenters. The van der Waals surface area contributed by atoms with Crippen LogP contribution >= 0.6 is 11.6 Å². The summed E-state index contributed by atoms with van der Waals surface area (Å²) in [6, 6.07) is 4.36. The van der Waals surface area contributed by atoms with Crippen LogP contribution in [0.25, 0.3) is 0 Å². The van der Waals surface area contributed by atoms with Crippen molar-refractivity contribution in [1.29, 1.82) is 0 Å². The highest BCUT2D eigenvalue weighted by molar-refractivity contribution is 6.30. The van der Waals surface area contributed by atoms with E-state index < -0.39 is 12.8 Å². The van der Waals surface area contributed by atoms with Crippen LogP contribution in [0.3, 0.4) is 0 Å². The molecule has 20 heavy (non-hydrogen) atoms. The second kappa shape index (κ2) is 7.20. The first-order valence-corrected chi connectivity index (χ1v) is 5.76. The highest BCUT2D eigenvalue weighted by Crippen LogP contribution is 2.23. The lowest BCUT2D eigenvalue weighted by Crippen LogP contribution is -2.20. The van der Waals surface area contributed by atoms with E-state index >= 15 is 0 Å². The van der Waals surface area contributed by atoms with Crippen LogP contribution < -0.4 is 10.5 Å². The molecule has 0 saturated carbocycles. The van der Waals surface area contributed by atoms with Gasteiger partial charge in [-0.25, -0.2) is 0 Å². The van der Waals surface area contributed by atoms with Crippen LogP contribution in [0, 0.1) is 0 Å². The fourth-order valence-electron chi connectivity index (χ4n) is 1.28. The van der Waals surface area contributed by atoms with Crippen molar-refractivity contribution in [2.75, 3.05) is 19.8 Å². The third-order valence-corrected chi connectivity index (χ3v) is 2.31. The van der Waals surface area contributed by atoms with Crippen LogP contribution in [0.5, 0.6) is 5.75 Å². The van der Waals surface area contributed by atoms with Crippen molar-refractivity contribution in [3.63, 3.8) is 0 Å². The first kappa shape index (κ1) is 16.4. The summed E-state index contributed by atoms with van der Waals surface area (Å²) >= 11 is 5.76. The number of alkyl halides is 3. The van der Waals surface area contributed by atoms with Crippen LogP contribution in [0.1, 0.15) is 5.56 Å². The van der Waals surface area contributed by atoms with Gasteiger partial charge in [0.2, 0.25) is 0 Å². The van der Waals surface area contributed by atoms with E-state index in [1.807, 2.05) is 0 Å². The van der Waals surface area contributed by atoms with E-state index in [0.717, 1.165) is 0 Å². The number of benzene rings is 1. The van der Waals surface area contributed by atoms with Gasteiger partial charge in [0, 0.05) is 5.02 Å². The van der Waals surface area contributed by atoms with E-state index in [-0.39, 0.29) is 30.4 Å². The van der Waals surface area contributed by atoms with Gasteiger partial charge in [0.15, 0.2) is 5.84 Å². The lowest BCUT2D eigenvalue weighted by molar-refractivity contribution is -0.175.